The molecule has 1 N–H and O–H groups in total. The molecular weight excluding hydrogens is 365 g/mol. The number of rotatable bonds is 3. The Kier molecular flexibility index (Phi) is 6.80. The van der Waals surface area contributed by atoms with Crippen molar-refractivity contribution in [2.75, 3.05) is 26.2 Å². The van der Waals surface area contributed by atoms with E-state index in [4.69, 9.17) is 0 Å². The van der Waals surface area contributed by atoms with Gasteiger partial charge >= 0.3 is 0 Å². The van der Waals surface area contributed by atoms with Crippen LogP contribution in [0.25, 0.3) is 11.1 Å². The first kappa shape index (κ1) is 20.1. The van der Waals surface area contributed by atoms with Gasteiger partial charge in [-0.3, -0.25) is 4.90 Å². The topological polar surface area (TPSA) is 15.3 Å². The zero-order chi connectivity index (χ0) is 15.8. The molecule has 1 atom stereocenters. The lowest BCUT2D eigenvalue weighted by molar-refractivity contribution is 0.0181. The standard InChI is InChI=1S/C19H20F2N2.2ClH/c20-19(21)18(23-9-7-22-8-10-23)14-5-6-17-15(12-14)11-13-3-1-2-4-16(13)17;;/h1-6,12,18-19,22H,7-11H2;2*1H/t18-;;/m1../s1. The van der Waals surface area contributed by atoms with Crippen LogP contribution in [0.1, 0.15) is 22.7 Å². The fourth-order valence-electron chi connectivity index (χ4n) is 3.82. The molecule has 1 aliphatic carbocycles. The molecule has 0 amide bonds. The molecule has 25 heavy (non-hydrogen) atoms. The molecule has 2 aromatic rings. The van der Waals surface area contributed by atoms with Gasteiger partial charge in [-0.1, -0.05) is 42.5 Å². The number of piperazine rings is 1. The van der Waals surface area contributed by atoms with Gasteiger partial charge in [-0.05, 0) is 34.2 Å². The predicted molar refractivity (Wildman–Crippen MR) is 102 cm³/mol. The van der Waals surface area contributed by atoms with Gasteiger partial charge < -0.3 is 5.32 Å². The second kappa shape index (κ2) is 8.45. The number of alkyl halides is 2. The molecular formula is C19H22Cl2F2N2. The minimum atomic E-state index is -2.37. The highest BCUT2D eigenvalue weighted by atomic mass is 35.5. The normalized spacial score (nSPS) is 17.2. The zero-order valence-corrected chi connectivity index (χ0v) is 15.4. The number of nitrogens with one attached hydrogen (secondary N) is 1. The number of nitrogens with zero attached hydrogens (tertiary/aromatic N) is 1. The summed E-state index contributed by atoms with van der Waals surface area (Å²) in [4.78, 5) is 1.91. The van der Waals surface area contributed by atoms with E-state index in [0.717, 1.165) is 25.1 Å². The molecule has 4 rings (SSSR count). The predicted octanol–water partition coefficient (Wildman–Crippen LogP) is 4.31. The molecule has 2 nitrogen and oxygen atoms in total. The summed E-state index contributed by atoms with van der Waals surface area (Å²) in [6.45, 7) is 2.90. The summed E-state index contributed by atoms with van der Waals surface area (Å²) in [7, 11) is 0. The minimum absolute atomic E-state index is 0. The van der Waals surface area contributed by atoms with Crippen LogP contribution in [-0.2, 0) is 6.42 Å². The van der Waals surface area contributed by atoms with E-state index in [9.17, 15) is 8.78 Å². The summed E-state index contributed by atoms with van der Waals surface area (Å²) in [6, 6.07) is 13.4. The zero-order valence-electron chi connectivity index (χ0n) is 13.8. The number of hydrogen-bond acceptors (Lipinski definition) is 2. The summed E-state index contributed by atoms with van der Waals surface area (Å²) >= 11 is 0. The Labute approximate surface area is 159 Å². The molecule has 0 spiro atoms. The quantitative estimate of drug-likeness (QED) is 0.721. The second-order valence-electron chi connectivity index (χ2n) is 6.32. The molecule has 0 aromatic heterocycles. The lowest BCUT2D eigenvalue weighted by Crippen LogP contribution is -2.46. The maximum Gasteiger partial charge on any atom is 0.258 e. The van der Waals surface area contributed by atoms with Crippen LogP contribution in [0.15, 0.2) is 42.5 Å². The molecule has 0 saturated carbocycles. The molecule has 0 radical (unpaired) electrons. The molecule has 2 aliphatic rings. The fraction of sp³-hybridized carbons (Fsp3) is 0.368. The number of fused-ring (bicyclic) bond motifs is 3. The van der Waals surface area contributed by atoms with Crippen molar-refractivity contribution in [2.24, 2.45) is 0 Å². The van der Waals surface area contributed by atoms with Gasteiger partial charge in [0.2, 0.25) is 0 Å². The third-order valence-electron chi connectivity index (χ3n) is 4.94. The highest BCUT2D eigenvalue weighted by molar-refractivity contribution is 5.85. The second-order valence-corrected chi connectivity index (χ2v) is 6.32. The maximum atomic E-state index is 13.7. The minimum Gasteiger partial charge on any atom is -0.314 e. The largest absolute Gasteiger partial charge is 0.314 e. The van der Waals surface area contributed by atoms with E-state index < -0.39 is 12.5 Å². The van der Waals surface area contributed by atoms with Crippen molar-refractivity contribution in [1.29, 1.82) is 0 Å². The van der Waals surface area contributed by atoms with E-state index in [1.807, 2.05) is 35.2 Å². The SMILES string of the molecule is Cl.Cl.FC(F)[C@@H](c1ccc2c(c1)Cc1ccccc1-2)N1CCNCC1. The number of halogens is 4. The molecule has 0 bridgehead atoms. The maximum absolute atomic E-state index is 13.7. The first-order valence-electron chi connectivity index (χ1n) is 8.18. The molecule has 1 heterocycles. The lowest BCUT2D eigenvalue weighted by Gasteiger charge is -2.34. The Morgan fingerprint density at radius 1 is 0.880 bits per heavy atom. The van der Waals surface area contributed by atoms with Crippen LogP contribution in [0.2, 0.25) is 0 Å². The summed E-state index contributed by atoms with van der Waals surface area (Å²) in [5.41, 5.74) is 5.64. The average molecular weight is 387 g/mol. The fourth-order valence-corrected chi connectivity index (χ4v) is 3.82. The molecule has 0 unspecified atom stereocenters. The number of benzene rings is 2. The van der Waals surface area contributed by atoms with Crippen molar-refractivity contribution < 1.29 is 8.78 Å². The molecule has 6 heteroatoms. The van der Waals surface area contributed by atoms with Crippen LogP contribution in [0.3, 0.4) is 0 Å². The summed E-state index contributed by atoms with van der Waals surface area (Å²) < 4.78 is 27.4. The van der Waals surface area contributed by atoms with Gasteiger partial charge in [0.1, 0.15) is 0 Å². The van der Waals surface area contributed by atoms with E-state index in [2.05, 4.69) is 17.4 Å². The van der Waals surface area contributed by atoms with E-state index in [1.165, 1.54) is 22.3 Å². The highest BCUT2D eigenvalue weighted by Crippen LogP contribution is 2.39. The van der Waals surface area contributed by atoms with Crippen LogP contribution >= 0.6 is 24.8 Å². The van der Waals surface area contributed by atoms with Crippen LogP contribution < -0.4 is 5.32 Å². The third kappa shape index (κ3) is 3.82. The van der Waals surface area contributed by atoms with Crippen molar-refractivity contribution in [2.45, 2.75) is 18.9 Å². The smallest absolute Gasteiger partial charge is 0.258 e. The van der Waals surface area contributed by atoms with Gasteiger partial charge in [0.15, 0.2) is 0 Å². The van der Waals surface area contributed by atoms with Crippen LogP contribution in [-0.4, -0.2) is 37.5 Å². The van der Waals surface area contributed by atoms with Crippen molar-refractivity contribution >= 4 is 24.8 Å². The summed E-state index contributed by atoms with van der Waals surface area (Å²) in [6.07, 6.45) is -1.52. The van der Waals surface area contributed by atoms with Crippen LogP contribution in [0.4, 0.5) is 8.78 Å². The van der Waals surface area contributed by atoms with Crippen molar-refractivity contribution in [1.82, 2.24) is 10.2 Å². The Balaban J connectivity index is 0.00000113. The Morgan fingerprint density at radius 2 is 1.56 bits per heavy atom. The van der Waals surface area contributed by atoms with Crippen LogP contribution in [0.5, 0.6) is 0 Å². The van der Waals surface area contributed by atoms with Gasteiger partial charge in [-0.25, -0.2) is 8.78 Å². The molecule has 1 saturated heterocycles. The molecule has 136 valence electrons. The van der Waals surface area contributed by atoms with Gasteiger partial charge in [-0.2, -0.15) is 0 Å². The van der Waals surface area contributed by atoms with Crippen molar-refractivity contribution in [3.8, 4) is 11.1 Å². The first-order valence-corrected chi connectivity index (χ1v) is 8.18. The Hall–Kier alpha value is -1.20. The van der Waals surface area contributed by atoms with Crippen LogP contribution in [0, 0.1) is 0 Å². The van der Waals surface area contributed by atoms with Gasteiger partial charge in [0, 0.05) is 26.2 Å². The average Bonchev–Trinajstić information content (AvgIpc) is 2.93. The third-order valence-corrected chi connectivity index (χ3v) is 4.94. The van der Waals surface area contributed by atoms with E-state index in [0.29, 0.717) is 13.1 Å². The Bertz CT molecular complexity index is 718. The van der Waals surface area contributed by atoms with Crippen molar-refractivity contribution in [3.63, 3.8) is 0 Å². The Morgan fingerprint density at radius 3 is 2.28 bits per heavy atom. The first-order chi connectivity index (χ1) is 11.2. The van der Waals surface area contributed by atoms with Gasteiger partial charge in [-0.15, -0.1) is 24.8 Å². The monoisotopic (exact) mass is 386 g/mol. The molecule has 2 aromatic carbocycles. The van der Waals surface area contributed by atoms with E-state index >= 15 is 0 Å². The molecule has 1 aliphatic heterocycles. The highest BCUT2D eigenvalue weighted by Gasteiger charge is 2.31. The summed E-state index contributed by atoms with van der Waals surface area (Å²) in [5.74, 6) is 0. The summed E-state index contributed by atoms with van der Waals surface area (Å²) in [5, 5.41) is 3.23. The van der Waals surface area contributed by atoms with Gasteiger partial charge in [0.25, 0.3) is 6.43 Å². The molecule has 1 fully saturated rings. The van der Waals surface area contributed by atoms with E-state index in [-0.39, 0.29) is 24.8 Å². The van der Waals surface area contributed by atoms with Crippen molar-refractivity contribution in [3.05, 3.63) is 59.2 Å². The van der Waals surface area contributed by atoms with E-state index in [1.54, 1.807) is 0 Å². The lowest BCUT2D eigenvalue weighted by atomic mass is 9.98. The van der Waals surface area contributed by atoms with Gasteiger partial charge in [0.05, 0.1) is 6.04 Å². The number of hydrogen-bond donors (Lipinski definition) is 1.